The minimum absolute atomic E-state index is 0.220. The third-order valence-electron chi connectivity index (χ3n) is 6.04. The third kappa shape index (κ3) is 17.6. The lowest BCUT2D eigenvalue weighted by molar-refractivity contribution is -0.141. The van der Waals surface area contributed by atoms with Gasteiger partial charge in [-0.1, -0.05) is 13.8 Å². The van der Waals surface area contributed by atoms with Crippen LogP contribution < -0.4 is 43.4 Å². The van der Waals surface area contributed by atoms with E-state index in [0.717, 1.165) is 0 Å². The summed E-state index contributed by atoms with van der Waals surface area (Å²) in [5.74, 6) is -6.82. The van der Waals surface area contributed by atoms with Crippen molar-refractivity contribution >= 4 is 41.5 Å². The Hall–Kier alpha value is -3.87. The zero-order chi connectivity index (χ0) is 32.9. The molecule has 0 aliphatic carbocycles. The fraction of sp³-hybridized carbons (Fsp3) is 0.720. The van der Waals surface area contributed by atoms with Crippen LogP contribution in [-0.4, -0.2) is 121 Å². The molecule has 4 amide bonds. The van der Waals surface area contributed by atoms with Gasteiger partial charge in [-0.05, 0) is 12.8 Å². The van der Waals surface area contributed by atoms with Gasteiger partial charge in [0.25, 0.3) is 0 Å². The molecule has 0 bridgehead atoms. The largest absolute Gasteiger partial charge is 0.481 e. The Morgan fingerprint density at radius 3 is 1.58 bits per heavy atom. The molecule has 13 N–H and O–H groups in total. The van der Waals surface area contributed by atoms with Gasteiger partial charge in [0.05, 0.1) is 5.92 Å². The quantitative estimate of drug-likeness (QED) is 0.0465. The standard InChI is InChI=1S/C25H46N8O10/c1-14(2)21(37)18(13-30-22(38)15(11-28-9-7-26)12-29-10-8-27)31-19(34)5-3-16(23(39)40)32-25(43)33-17(24(41)42)4-6-20(35)36/h14-18,28-29H,3-13,26-27H2,1-2H3,(H,30,38)(H,31,34)(H,35,36)(H,39,40)(H,41,42)(H2,32,33,43)/t16-,17?,18-/m1/s1. The van der Waals surface area contributed by atoms with Crippen LogP contribution in [0.2, 0.25) is 0 Å². The van der Waals surface area contributed by atoms with Gasteiger partial charge in [0.1, 0.15) is 18.1 Å². The first kappa shape index (κ1) is 39.1. The number of hydrogen-bond acceptors (Lipinski definition) is 11. The number of aliphatic carboxylic acids is 3. The van der Waals surface area contributed by atoms with Crippen LogP contribution in [0.15, 0.2) is 0 Å². The molecule has 0 rings (SSSR count). The normalized spacial score (nSPS) is 13.1. The number of amides is 4. The maximum Gasteiger partial charge on any atom is 0.326 e. The van der Waals surface area contributed by atoms with Crippen LogP contribution in [0.3, 0.4) is 0 Å². The van der Waals surface area contributed by atoms with E-state index in [1.807, 2.05) is 10.6 Å². The lowest BCUT2D eigenvalue weighted by Crippen LogP contribution is -2.53. The molecule has 0 aromatic heterocycles. The highest BCUT2D eigenvalue weighted by Crippen LogP contribution is 2.05. The van der Waals surface area contributed by atoms with E-state index in [1.165, 1.54) is 0 Å². The summed E-state index contributed by atoms with van der Waals surface area (Å²) in [6.45, 7) is 5.35. The van der Waals surface area contributed by atoms with Crippen molar-refractivity contribution in [2.45, 2.75) is 57.7 Å². The molecule has 18 nitrogen and oxygen atoms in total. The summed E-state index contributed by atoms with van der Waals surface area (Å²) in [5, 5.41) is 42.6. The van der Waals surface area contributed by atoms with E-state index in [0.29, 0.717) is 39.3 Å². The van der Waals surface area contributed by atoms with E-state index in [9.17, 15) is 38.7 Å². The van der Waals surface area contributed by atoms with Crippen molar-refractivity contribution in [1.82, 2.24) is 31.9 Å². The van der Waals surface area contributed by atoms with Gasteiger partial charge in [-0.15, -0.1) is 0 Å². The Balaban J connectivity index is 5.22. The molecule has 0 saturated heterocycles. The van der Waals surface area contributed by atoms with Crippen molar-refractivity contribution in [3.8, 4) is 0 Å². The van der Waals surface area contributed by atoms with Gasteiger partial charge >= 0.3 is 23.9 Å². The molecule has 0 aromatic carbocycles. The van der Waals surface area contributed by atoms with E-state index >= 15 is 0 Å². The molecule has 0 aliphatic heterocycles. The molecule has 0 saturated carbocycles. The summed E-state index contributed by atoms with van der Waals surface area (Å²) >= 11 is 0. The van der Waals surface area contributed by atoms with Gasteiger partial charge in [-0.2, -0.15) is 0 Å². The number of carboxylic acids is 3. The number of carboxylic acid groups (broad SMARTS) is 3. The number of carbonyl (C=O) groups excluding carboxylic acids is 4. The maximum atomic E-state index is 12.8. The number of hydrogen-bond donors (Lipinski definition) is 11. The first-order valence-electron chi connectivity index (χ1n) is 13.9. The highest BCUT2D eigenvalue weighted by atomic mass is 16.4. The van der Waals surface area contributed by atoms with Crippen molar-refractivity contribution in [2.24, 2.45) is 23.3 Å². The fourth-order valence-corrected chi connectivity index (χ4v) is 3.67. The first-order chi connectivity index (χ1) is 20.2. The zero-order valence-corrected chi connectivity index (χ0v) is 24.5. The molecule has 0 radical (unpaired) electrons. The molecular weight excluding hydrogens is 572 g/mol. The zero-order valence-electron chi connectivity index (χ0n) is 24.5. The Labute approximate surface area is 249 Å². The van der Waals surface area contributed by atoms with E-state index in [-0.39, 0.29) is 18.2 Å². The molecule has 18 heteroatoms. The number of urea groups is 1. The molecule has 0 fully saturated rings. The average molecular weight is 619 g/mol. The average Bonchev–Trinajstić information content (AvgIpc) is 2.93. The highest BCUT2D eigenvalue weighted by molar-refractivity contribution is 5.91. The van der Waals surface area contributed by atoms with Gasteiger partial charge in [0.15, 0.2) is 5.78 Å². The first-order valence-corrected chi connectivity index (χ1v) is 13.9. The summed E-state index contributed by atoms with van der Waals surface area (Å²) in [7, 11) is 0. The minimum atomic E-state index is -1.61. The smallest absolute Gasteiger partial charge is 0.326 e. The molecular formula is C25H46N8O10. The van der Waals surface area contributed by atoms with E-state index in [2.05, 4.69) is 21.3 Å². The summed E-state index contributed by atoms with van der Waals surface area (Å²) in [6, 6.07) is -5.49. The monoisotopic (exact) mass is 618 g/mol. The van der Waals surface area contributed by atoms with Crippen molar-refractivity contribution < 1.29 is 48.9 Å². The van der Waals surface area contributed by atoms with Crippen molar-refractivity contribution in [2.75, 3.05) is 45.8 Å². The second kappa shape index (κ2) is 21.8. The number of rotatable bonds is 24. The van der Waals surface area contributed by atoms with Crippen LogP contribution in [0.4, 0.5) is 4.79 Å². The van der Waals surface area contributed by atoms with Gasteiger partial charge in [0, 0.05) is 64.6 Å². The van der Waals surface area contributed by atoms with E-state index < -0.39 is 85.5 Å². The van der Waals surface area contributed by atoms with Crippen molar-refractivity contribution in [3.63, 3.8) is 0 Å². The molecule has 0 aliphatic rings. The third-order valence-corrected chi connectivity index (χ3v) is 6.04. The molecule has 1 unspecified atom stereocenters. The molecule has 0 spiro atoms. The second-order valence-corrected chi connectivity index (χ2v) is 9.98. The van der Waals surface area contributed by atoms with Crippen LogP contribution in [0.5, 0.6) is 0 Å². The summed E-state index contributed by atoms with van der Waals surface area (Å²) in [4.78, 5) is 84.0. The van der Waals surface area contributed by atoms with E-state index in [4.69, 9.17) is 21.7 Å². The number of nitrogens with two attached hydrogens (primary N) is 2. The number of nitrogens with one attached hydrogen (secondary N) is 6. The summed E-state index contributed by atoms with van der Waals surface area (Å²) in [5.41, 5.74) is 11.0. The van der Waals surface area contributed by atoms with E-state index in [1.54, 1.807) is 13.8 Å². The molecule has 0 heterocycles. The minimum Gasteiger partial charge on any atom is -0.481 e. The van der Waals surface area contributed by atoms with Crippen molar-refractivity contribution in [1.29, 1.82) is 0 Å². The predicted octanol–water partition coefficient (Wildman–Crippen LogP) is -3.62. The summed E-state index contributed by atoms with van der Waals surface area (Å²) < 4.78 is 0. The topological polar surface area (TPSA) is 304 Å². The van der Waals surface area contributed by atoms with Crippen LogP contribution >= 0.6 is 0 Å². The Morgan fingerprint density at radius 2 is 1.16 bits per heavy atom. The second-order valence-electron chi connectivity index (χ2n) is 9.98. The van der Waals surface area contributed by atoms with Gasteiger partial charge < -0.3 is 58.7 Å². The van der Waals surface area contributed by atoms with Crippen molar-refractivity contribution in [3.05, 3.63) is 0 Å². The lowest BCUT2D eigenvalue weighted by atomic mass is 10.0. The Morgan fingerprint density at radius 1 is 0.674 bits per heavy atom. The van der Waals surface area contributed by atoms with Crippen LogP contribution in [0.25, 0.3) is 0 Å². The van der Waals surface area contributed by atoms with Crippen LogP contribution in [0, 0.1) is 11.8 Å². The number of ketones is 1. The van der Waals surface area contributed by atoms with Gasteiger partial charge in [-0.3, -0.25) is 19.2 Å². The Bertz CT molecular complexity index is 939. The molecule has 3 atom stereocenters. The van der Waals surface area contributed by atoms with Gasteiger partial charge in [-0.25, -0.2) is 14.4 Å². The van der Waals surface area contributed by atoms with Crippen LogP contribution in [-0.2, 0) is 28.8 Å². The maximum absolute atomic E-state index is 12.8. The molecule has 0 aromatic rings. The highest BCUT2D eigenvalue weighted by Gasteiger charge is 2.28. The SMILES string of the molecule is CC(C)C(=O)[C@@H](CNC(=O)C(CNCCN)CNCCN)NC(=O)CC[C@@H](NC(=O)NC(CCC(=O)O)C(=O)O)C(=O)O. The molecule has 246 valence electrons. The van der Waals surface area contributed by atoms with Crippen LogP contribution in [0.1, 0.15) is 39.5 Å². The number of Topliss-reactive ketones (excluding diaryl/α,β-unsaturated/α-hetero) is 1. The fourth-order valence-electron chi connectivity index (χ4n) is 3.67. The lowest BCUT2D eigenvalue weighted by Gasteiger charge is -2.23. The molecule has 43 heavy (non-hydrogen) atoms. The number of carbonyl (C=O) groups is 7. The Kier molecular flexibility index (Phi) is 19.8. The van der Waals surface area contributed by atoms with Gasteiger partial charge in [0.2, 0.25) is 11.8 Å². The predicted molar refractivity (Wildman–Crippen MR) is 153 cm³/mol. The summed E-state index contributed by atoms with van der Waals surface area (Å²) in [6.07, 6.45) is -1.84.